The number of likely N-dealkylation sites (N-methyl/N-ethyl adjacent to an activating group) is 1. The van der Waals surface area contributed by atoms with Gasteiger partial charge in [-0.25, -0.2) is 9.67 Å². The third-order valence-electron chi connectivity index (χ3n) is 5.02. The van der Waals surface area contributed by atoms with Gasteiger partial charge in [-0.15, -0.1) is 0 Å². The number of aromatic nitrogens is 3. The molecule has 3 N–H and O–H groups in total. The van der Waals surface area contributed by atoms with Gasteiger partial charge in [-0.3, -0.25) is 9.78 Å². The maximum atomic E-state index is 11.7. The van der Waals surface area contributed by atoms with Crippen LogP contribution >= 0.6 is 0 Å². The summed E-state index contributed by atoms with van der Waals surface area (Å²) < 4.78 is 1.93. The molecule has 0 unspecified atom stereocenters. The first-order valence-electron chi connectivity index (χ1n) is 9.38. The van der Waals surface area contributed by atoms with E-state index in [0.29, 0.717) is 12.2 Å². The van der Waals surface area contributed by atoms with Gasteiger partial charge >= 0.3 is 0 Å². The van der Waals surface area contributed by atoms with Crippen LogP contribution in [0.25, 0.3) is 17.0 Å². The highest BCUT2D eigenvalue weighted by Crippen LogP contribution is 2.34. The Balaban J connectivity index is 1.80. The molecule has 8 nitrogen and oxygen atoms in total. The Hall–Kier alpha value is -3.68. The maximum absolute atomic E-state index is 11.7. The average molecular weight is 389 g/mol. The molecule has 4 rings (SSSR count). The summed E-state index contributed by atoms with van der Waals surface area (Å²) in [5, 5.41) is 8.12. The number of nitrogens with two attached hydrogens (primary N) is 1. The van der Waals surface area contributed by atoms with Crippen LogP contribution in [-0.4, -0.2) is 45.5 Å². The van der Waals surface area contributed by atoms with Gasteiger partial charge in [0.1, 0.15) is 5.82 Å². The van der Waals surface area contributed by atoms with Gasteiger partial charge in [0.05, 0.1) is 23.6 Å². The van der Waals surface area contributed by atoms with Crippen molar-refractivity contribution >= 4 is 28.9 Å². The fraction of sp³-hybridized carbons (Fsp3) is 0.238. The second kappa shape index (κ2) is 7.38. The number of carbonyl (C=O) groups excluding carboxylic acids is 1. The summed E-state index contributed by atoms with van der Waals surface area (Å²) in [6.07, 6.45) is 12.8. The summed E-state index contributed by atoms with van der Waals surface area (Å²) in [5.41, 5.74) is 10.6. The fourth-order valence-electron chi connectivity index (χ4n) is 3.57. The molecular weight excluding hydrogens is 366 g/mol. The summed E-state index contributed by atoms with van der Waals surface area (Å²) in [6.45, 7) is 2.51. The number of carbonyl (C=O) groups is 1. The minimum atomic E-state index is -0.553. The van der Waals surface area contributed by atoms with Crippen molar-refractivity contribution in [1.82, 2.24) is 19.7 Å². The zero-order valence-electron chi connectivity index (χ0n) is 16.7. The largest absolute Gasteiger partial charge is 0.373 e. The molecule has 0 fully saturated rings. The van der Waals surface area contributed by atoms with Gasteiger partial charge in [0.2, 0.25) is 0 Å². The van der Waals surface area contributed by atoms with E-state index in [9.17, 15) is 4.79 Å². The average Bonchev–Trinajstić information content (AvgIpc) is 2.86. The maximum Gasteiger partial charge on any atom is 0.284 e. The lowest BCUT2D eigenvalue weighted by Gasteiger charge is -2.24. The van der Waals surface area contributed by atoms with Crippen LogP contribution in [-0.2, 0) is 11.3 Å². The molecule has 1 amide bonds. The summed E-state index contributed by atoms with van der Waals surface area (Å²) in [7, 11) is 3.66. The van der Waals surface area contributed by atoms with Crippen LogP contribution in [0.15, 0.2) is 47.6 Å². The lowest BCUT2D eigenvalue weighted by Crippen LogP contribution is -2.39. The zero-order chi connectivity index (χ0) is 20.5. The fourth-order valence-corrected chi connectivity index (χ4v) is 3.57. The van der Waals surface area contributed by atoms with Crippen LogP contribution < -0.4 is 11.1 Å². The van der Waals surface area contributed by atoms with E-state index < -0.39 is 5.91 Å². The highest BCUT2D eigenvalue weighted by molar-refractivity contribution is 6.37. The molecule has 2 aromatic heterocycles. The molecule has 1 aliphatic carbocycles. The minimum Gasteiger partial charge on any atom is -0.373 e. The van der Waals surface area contributed by atoms with E-state index in [4.69, 9.17) is 10.8 Å². The quantitative estimate of drug-likeness (QED) is 0.837. The van der Waals surface area contributed by atoms with Crippen molar-refractivity contribution in [1.29, 1.82) is 0 Å². The summed E-state index contributed by atoms with van der Waals surface area (Å²) in [5.74, 6) is 0.605. The van der Waals surface area contributed by atoms with Gasteiger partial charge in [0.15, 0.2) is 5.84 Å². The van der Waals surface area contributed by atoms with Crippen molar-refractivity contribution in [3.63, 3.8) is 0 Å². The SMILES string of the molecule is CNc1c(C)c(-c2cnc3c(c2)N=C(C(N)=O)N(C)C3)nn1C1=CC=CC=CC1. The number of allylic oxidation sites excluding steroid dienone is 6. The van der Waals surface area contributed by atoms with Crippen molar-refractivity contribution in [2.75, 3.05) is 19.4 Å². The molecule has 2 aromatic rings. The van der Waals surface area contributed by atoms with Crippen molar-refractivity contribution in [2.45, 2.75) is 19.9 Å². The molecule has 148 valence electrons. The number of primary amides is 1. The van der Waals surface area contributed by atoms with Crippen LogP contribution in [0.5, 0.6) is 0 Å². The first-order chi connectivity index (χ1) is 14.0. The summed E-state index contributed by atoms with van der Waals surface area (Å²) in [4.78, 5) is 22.4. The summed E-state index contributed by atoms with van der Waals surface area (Å²) >= 11 is 0. The lowest BCUT2D eigenvalue weighted by molar-refractivity contribution is -0.112. The van der Waals surface area contributed by atoms with Crippen LogP contribution in [0.2, 0.25) is 0 Å². The number of fused-ring (bicyclic) bond motifs is 1. The van der Waals surface area contributed by atoms with Gasteiger partial charge in [-0.05, 0) is 19.1 Å². The Labute approximate surface area is 169 Å². The third-order valence-corrected chi connectivity index (χ3v) is 5.02. The van der Waals surface area contributed by atoms with Crippen LogP contribution in [0, 0.1) is 6.92 Å². The normalized spacial score (nSPS) is 15.5. The number of amidine groups is 1. The molecular formula is C21H23N7O. The van der Waals surface area contributed by atoms with Gasteiger partial charge in [0.25, 0.3) is 5.91 Å². The third kappa shape index (κ3) is 3.33. The number of anilines is 1. The van der Waals surface area contributed by atoms with Crippen molar-refractivity contribution in [3.05, 3.63) is 53.9 Å². The molecule has 1 aliphatic heterocycles. The van der Waals surface area contributed by atoms with E-state index in [1.807, 2.05) is 42.9 Å². The first kappa shape index (κ1) is 18.7. The first-order valence-corrected chi connectivity index (χ1v) is 9.38. The van der Waals surface area contributed by atoms with Crippen LogP contribution in [0.1, 0.15) is 17.7 Å². The molecule has 0 radical (unpaired) electrons. The predicted molar refractivity (Wildman–Crippen MR) is 115 cm³/mol. The molecule has 0 spiro atoms. The molecule has 0 bridgehead atoms. The topological polar surface area (TPSA) is 101 Å². The van der Waals surface area contributed by atoms with E-state index in [1.165, 1.54) is 0 Å². The Morgan fingerprint density at radius 1 is 1.28 bits per heavy atom. The Morgan fingerprint density at radius 2 is 2.10 bits per heavy atom. The highest BCUT2D eigenvalue weighted by atomic mass is 16.1. The van der Waals surface area contributed by atoms with Crippen LogP contribution in [0.3, 0.4) is 0 Å². The number of rotatable bonds is 4. The van der Waals surface area contributed by atoms with E-state index in [-0.39, 0.29) is 5.84 Å². The van der Waals surface area contributed by atoms with E-state index in [2.05, 4.69) is 27.4 Å². The monoisotopic (exact) mass is 389 g/mol. The molecule has 3 heterocycles. The standard InChI is InChI=1S/C21H23N7O/c1-13-18(26-28(20(13)23-2)15-8-6-4-5-7-9-15)14-10-16-17(24-11-14)12-27(3)21(25-16)19(22)29/h4-8,10-11,23H,9,12H2,1-3H3,(H2,22,29). The Kier molecular flexibility index (Phi) is 4.75. The lowest BCUT2D eigenvalue weighted by atomic mass is 10.1. The van der Waals surface area contributed by atoms with Crippen molar-refractivity contribution < 1.29 is 4.79 Å². The Morgan fingerprint density at radius 3 is 2.86 bits per heavy atom. The zero-order valence-corrected chi connectivity index (χ0v) is 16.7. The smallest absolute Gasteiger partial charge is 0.284 e. The van der Waals surface area contributed by atoms with Gasteiger partial charge in [0, 0.05) is 43.5 Å². The second-order valence-corrected chi connectivity index (χ2v) is 7.00. The minimum absolute atomic E-state index is 0.233. The molecule has 0 saturated carbocycles. The van der Waals surface area contributed by atoms with Gasteiger partial charge < -0.3 is 16.0 Å². The molecule has 0 atom stereocenters. The number of pyridine rings is 1. The van der Waals surface area contributed by atoms with Crippen LogP contribution in [0.4, 0.5) is 11.5 Å². The van der Waals surface area contributed by atoms with Crippen molar-refractivity contribution in [2.24, 2.45) is 10.7 Å². The van der Waals surface area contributed by atoms with E-state index in [0.717, 1.165) is 40.5 Å². The molecule has 0 aromatic carbocycles. The number of hydrogen-bond acceptors (Lipinski definition) is 6. The number of amides is 1. The molecule has 0 saturated heterocycles. The number of hydrogen-bond donors (Lipinski definition) is 2. The number of nitrogens with zero attached hydrogens (tertiary/aromatic N) is 5. The van der Waals surface area contributed by atoms with E-state index in [1.54, 1.807) is 18.1 Å². The summed E-state index contributed by atoms with van der Waals surface area (Å²) in [6, 6.07) is 1.92. The van der Waals surface area contributed by atoms with Crippen molar-refractivity contribution in [3.8, 4) is 11.3 Å². The predicted octanol–water partition coefficient (Wildman–Crippen LogP) is 2.61. The van der Waals surface area contributed by atoms with E-state index >= 15 is 0 Å². The molecule has 29 heavy (non-hydrogen) atoms. The highest BCUT2D eigenvalue weighted by Gasteiger charge is 2.23. The van der Waals surface area contributed by atoms with Gasteiger partial charge in [-0.2, -0.15) is 5.10 Å². The number of nitrogens with one attached hydrogen (secondary N) is 1. The molecule has 2 aliphatic rings. The number of aliphatic imine (C=N–C) groups is 1. The molecule has 8 heteroatoms. The second-order valence-electron chi connectivity index (χ2n) is 7.00. The van der Waals surface area contributed by atoms with Gasteiger partial charge in [-0.1, -0.05) is 24.3 Å². The Bertz CT molecular complexity index is 1100.